The number of hydrogen-bond donors (Lipinski definition) is 0. The third kappa shape index (κ3) is 6.32. The fraction of sp³-hybridized carbons (Fsp3) is 0.294. The van der Waals surface area contributed by atoms with Gasteiger partial charge in [-0.05, 0) is 56.5 Å². The Hall–Kier alpha value is -3.81. The van der Waals surface area contributed by atoms with Crippen molar-refractivity contribution >= 4 is 34.9 Å². The summed E-state index contributed by atoms with van der Waals surface area (Å²) < 4.78 is 16.4. The number of carbonyl (C=O) groups is 1. The topological polar surface area (TPSA) is 60.9 Å². The summed E-state index contributed by atoms with van der Waals surface area (Å²) in [5, 5.41) is 1.82. The molecule has 218 valence electrons. The predicted molar refractivity (Wildman–Crippen MR) is 171 cm³/mol. The first-order valence-corrected chi connectivity index (χ1v) is 15.1. The smallest absolute Gasteiger partial charge is 0.249 e. The number of aryl methyl sites for hydroxylation is 1. The molecule has 4 aromatic rings. The quantitative estimate of drug-likeness (QED) is 0.190. The molecule has 3 aromatic carbocycles. The average Bonchev–Trinajstić information content (AvgIpc) is 3.46. The van der Waals surface area contributed by atoms with Gasteiger partial charge < -0.3 is 19.1 Å². The Morgan fingerprint density at radius 3 is 2.12 bits per heavy atom. The highest BCUT2D eigenvalue weighted by molar-refractivity contribution is 7.15. The number of likely N-dealkylation sites (tertiary alicyclic amines) is 1. The number of nitrogens with zero attached hydrogens (tertiary/aromatic N) is 2. The summed E-state index contributed by atoms with van der Waals surface area (Å²) in [5.41, 5.74) is 5.82. The van der Waals surface area contributed by atoms with Gasteiger partial charge in [-0.15, -0.1) is 11.3 Å². The van der Waals surface area contributed by atoms with Crippen LogP contribution in [0.25, 0.3) is 27.8 Å². The fourth-order valence-corrected chi connectivity index (χ4v) is 6.64. The molecule has 6 nitrogen and oxygen atoms in total. The van der Waals surface area contributed by atoms with E-state index in [4.69, 9.17) is 30.8 Å². The van der Waals surface area contributed by atoms with Gasteiger partial charge in [0.15, 0.2) is 11.5 Å². The minimum Gasteiger partial charge on any atom is -0.496 e. The Morgan fingerprint density at radius 1 is 0.905 bits per heavy atom. The standard InChI is InChI=1S/C34H35ClN2O4S/c1-21-6-8-24(9-7-21)32-31(23-10-12-27(35)13-11-23)36-33(42-32)25-14-16-37(17-15-25)34(38)22(2)18-26-19-29(40-4)30(41-5)20-28(26)39-3/h6-13,18-20,25H,14-17H2,1-5H3/b22-18+. The second kappa shape index (κ2) is 13.0. The van der Waals surface area contributed by atoms with Crippen molar-refractivity contribution in [2.75, 3.05) is 34.4 Å². The molecule has 1 fully saturated rings. The Labute approximate surface area is 256 Å². The van der Waals surface area contributed by atoms with E-state index in [1.165, 1.54) is 5.56 Å². The van der Waals surface area contributed by atoms with Crippen molar-refractivity contribution in [1.29, 1.82) is 0 Å². The molecule has 0 spiro atoms. The number of carbonyl (C=O) groups excluding carboxylic acids is 1. The molecule has 5 rings (SSSR count). The monoisotopic (exact) mass is 602 g/mol. The van der Waals surface area contributed by atoms with Gasteiger partial charge in [0, 0.05) is 46.8 Å². The first-order valence-electron chi connectivity index (χ1n) is 13.9. The van der Waals surface area contributed by atoms with Gasteiger partial charge in [0.2, 0.25) is 5.91 Å². The van der Waals surface area contributed by atoms with Gasteiger partial charge in [-0.2, -0.15) is 0 Å². The summed E-state index contributed by atoms with van der Waals surface area (Å²) in [5.74, 6) is 2.08. The predicted octanol–water partition coefficient (Wildman–Crippen LogP) is 8.27. The van der Waals surface area contributed by atoms with Crippen LogP contribution in [-0.2, 0) is 4.79 Å². The minimum atomic E-state index is 0.0200. The van der Waals surface area contributed by atoms with Crippen molar-refractivity contribution in [3.05, 3.63) is 87.4 Å². The molecule has 8 heteroatoms. The highest BCUT2D eigenvalue weighted by Crippen LogP contribution is 2.42. The average molecular weight is 603 g/mol. The van der Waals surface area contributed by atoms with Crippen LogP contribution < -0.4 is 14.2 Å². The number of thiazole rings is 1. The molecule has 0 radical (unpaired) electrons. The van der Waals surface area contributed by atoms with Crippen molar-refractivity contribution in [2.24, 2.45) is 0 Å². The van der Waals surface area contributed by atoms with E-state index in [-0.39, 0.29) is 5.91 Å². The largest absolute Gasteiger partial charge is 0.496 e. The number of halogens is 1. The maximum Gasteiger partial charge on any atom is 0.249 e. The molecular formula is C34H35ClN2O4S. The van der Waals surface area contributed by atoms with Crippen LogP contribution in [0.15, 0.2) is 66.2 Å². The van der Waals surface area contributed by atoms with Gasteiger partial charge in [-0.3, -0.25) is 4.79 Å². The highest BCUT2D eigenvalue weighted by Gasteiger charge is 2.28. The van der Waals surface area contributed by atoms with Crippen LogP contribution in [0.4, 0.5) is 0 Å². The molecule has 0 bridgehead atoms. The van der Waals surface area contributed by atoms with E-state index in [0.29, 0.717) is 46.9 Å². The summed E-state index contributed by atoms with van der Waals surface area (Å²) in [4.78, 5) is 21.7. The van der Waals surface area contributed by atoms with E-state index in [1.807, 2.05) is 48.2 Å². The normalized spacial score (nSPS) is 14.1. The van der Waals surface area contributed by atoms with Crippen molar-refractivity contribution in [1.82, 2.24) is 9.88 Å². The molecule has 1 saturated heterocycles. The lowest BCUT2D eigenvalue weighted by Crippen LogP contribution is -2.38. The van der Waals surface area contributed by atoms with E-state index in [2.05, 4.69) is 31.2 Å². The van der Waals surface area contributed by atoms with Gasteiger partial charge in [0.05, 0.1) is 36.9 Å². The third-order valence-electron chi connectivity index (χ3n) is 7.65. The SMILES string of the molecule is COc1cc(OC)c(OC)cc1/C=C(\C)C(=O)N1CCC(c2nc(-c3ccc(Cl)cc3)c(-c3ccc(C)cc3)s2)CC1. The number of hydrogen-bond acceptors (Lipinski definition) is 6. The van der Waals surface area contributed by atoms with Gasteiger partial charge >= 0.3 is 0 Å². The number of rotatable bonds is 8. The van der Waals surface area contributed by atoms with Crippen LogP contribution >= 0.6 is 22.9 Å². The highest BCUT2D eigenvalue weighted by atomic mass is 35.5. The first-order chi connectivity index (χ1) is 20.3. The molecule has 2 heterocycles. The molecule has 1 amide bonds. The summed E-state index contributed by atoms with van der Waals surface area (Å²) in [7, 11) is 4.77. The summed E-state index contributed by atoms with van der Waals surface area (Å²) in [6.07, 6.45) is 3.57. The number of aromatic nitrogens is 1. The van der Waals surface area contributed by atoms with Crippen LogP contribution in [0.3, 0.4) is 0 Å². The summed E-state index contributed by atoms with van der Waals surface area (Å²) in [6, 6.07) is 20.1. The second-order valence-corrected chi connectivity index (χ2v) is 11.9. The number of piperidine rings is 1. The second-order valence-electron chi connectivity index (χ2n) is 10.4. The summed E-state index contributed by atoms with van der Waals surface area (Å²) in [6.45, 7) is 5.29. The maximum absolute atomic E-state index is 13.4. The van der Waals surface area contributed by atoms with Crippen molar-refractivity contribution < 1.29 is 19.0 Å². The van der Waals surface area contributed by atoms with Gasteiger partial charge in [-0.25, -0.2) is 4.98 Å². The van der Waals surface area contributed by atoms with Crippen LogP contribution in [-0.4, -0.2) is 50.2 Å². The molecule has 42 heavy (non-hydrogen) atoms. The van der Waals surface area contributed by atoms with Crippen LogP contribution in [0, 0.1) is 6.92 Å². The molecule has 0 atom stereocenters. The number of methoxy groups -OCH3 is 3. The van der Waals surface area contributed by atoms with Crippen LogP contribution in [0.1, 0.15) is 41.8 Å². The first kappa shape index (κ1) is 29.7. The molecule has 0 aliphatic carbocycles. The third-order valence-corrected chi connectivity index (χ3v) is 9.17. The van der Waals surface area contributed by atoms with Gasteiger partial charge in [-0.1, -0.05) is 53.6 Å². The molecule has 1 aliphatic heterocycles. The molecule has 0 unspecified atom stereocenters. The zero-order valence-corrected chi connectivity index (χ0v) is 26.1. The Bertz CT molecular complexity index is 1520. The molecule has 0 saturated carbocycles. The maximum atomic E-state index is 13.4. The lowest BCUT2D eigenvalue weighted by molar-refractivity contribution is -0.128. The van der Waals surface area contributed by atoms with Crippen LogP contribution in [0.2, 0.25) is 5.02 Å². The van der Waals surface area contributed by atoms with E-state index >= 15 is 0 Å². The van der Waals surface area contributed by atoms with E-state index < -0.39 is 0 Å². The zero-order chi connectivity index (χ0) is 29.8. The van der Waals surface area contributed by atoms with Crippen LogP contribution in [0.5, 0.6) is 17.2 Å². The van der Waals surface area contributed by atoms with Crippen molar-refractivity contribution in [2.45, 2.75) is 32.6 Å². The molecule has 1 aliphatic rings. The fourth-order valence-electron chi connectivity index (χ4n) is 5.25. The molecular weight excluding hydrogens is 568 g/mol. The minimum absolute atomic E-state index is 0.0200. The van der Waals surface area contributed by atoms with Gasteiger partial charge in [0.1, 0.15) is 5.75 Å². The number of benzene rings is 3. The lowest BCUT2D eigenvalue weighted by atomic mass is 9.96. The lowest BCUT2D eigenvalue weighted by Gasteiger charge is -2.31. The Morgan fingerprint density at radius 2 is 1.50 bits per heavy atom. The molecule has 1 aromatic heterocycles. The number of ether oxygens (including phenoxy) is 3. The van der Waals surface area contributed by atoms with E-state index in [9.17, 15) is 4.79 Å². The number of amides is 1. The van der Waals surface area contributed by atoms with Gasteiger partial charge in [0.25, 0.3) is 0 Å². The van der Waals surface area contributed by atoms with Crippen molar-refractivity contribution in [3.63, 3.8) is 0 Å². The van der Waals surface area contributed by atoms with Crippen molar-refractivity contribution in [3.8, 4) is 38.9 Å². The Balaban J connectivity index is 1.34. The zero-order valence-electron chi connectivity index (χ0n) is 24.6. The van der Waals surface area contributed by atoms with E-state index in [0.717, 1.165) is 45.1 Å². The van der Waals surface area contributed by atoms with E-state index in [1.54, 1.807) is 38.7 Å². The Kier molecular flexibility index (Phi) is 9.19. The molecule has 0 N–H and O–H groups in total. The summed E-state index contributed by atoms with van der Waals surface area (Å²) >= 11 is 7.93.